The summed E-state index contributed by atoms with van der Waals surface area (Å²) in [6.07, 6.45) is 2.46. The maximum atomic E-state index is 5.00. The Balaban J connectivity index is 1.93. The van der Waals surface area contributed by atoms with Gasteiger partial charge in [-0.3, -0.25) is 0 Å². The summed E-state index contributed by atoms with van der Waals surface area (Å²) in [7, 11) is 1.76. The number of hydrogen-bond acceptors (Lipinski definition) is 3. The van der Waals surface area contributed by atoms with E-state index in [0.29, 0.717) is 5.41 Å². The van der Waals surface area contributed by atoms with Crippen LogP contribution >= 0.6 is 0 Å². The summed E-state index contributed by atoms with van der Waals surface area (Å²) < 4.78 is 5.00. The van der Waals surface area contributed by atoms with Crippen molar-refractivity contribution in [1.82, 2.24) is 10.2 Å². The van der Waals surface area contributed by atoms with Crippen molar-refractivity contribution in [2.45, 2.75) is 26.7 Å². The van der Waals surface area contributed by atoms with Crippen LogP contribution < -0.4 is 5.32 Å². The lowest BCUT2D eigenvalue weighted by Crippen LogP contribution is -2.32. The van der Waals surface area contributed by atoms with E-state index in [1.165, 1.54) is 26.1 Å². The molecule has 0 bridgehead atoms. The highest BCUT2D eigenvalue weighted by Crippen LogP contribution is 2.28. The van der Waals surface area contributed by atoms with Crippen LogP contribution in [0.1, 0.15) is 26.7 Å². The van der Waals surface area contributed by atoms with Gasteiger partial charge in [-0.15, -0.1) is 0 Å². The molecule has 1 aliphatic rings. The highest BCUT2D eigenvalue weighted by Gasteiger charge is 2.28. The molecule has 0 aromatic carbocycles. The summed E-state index contributed by atoms with van der Waals surface area (Å²) >= 11 is 0. The summed E-state index contributed by atoms with van der Waals surface area (Å²) in [4.78, 5) is 2.56. The predicted octanol–water partition coefficient (Wildman–Crippen LogP) is 1.34. The first-order valence-electron chi connectivity index (χ1n) is 6.06. The zero-order chi connectivity index (χ0) is 11.1. The van der Waals surface area contributed by atoms with Crippen LogP contribution in [0, 0.1) is 5.41 Å². The zero-order valence-corrected chi connectivity index (χ0v) is 10.5. The average Bonchev–Trinajstić information content (AvgIpc) is 2.52. The van der Waals surface area contributed by atoms with Gasteiger partial charge in [0.05, 0.1) is 0 Å². The van der Waals surface area contributed by atoms with Crippen LogP contribution in [0.2, 0.25) is 0 Å². The summed E-state index contributed by atoms with van der Waals surface area (Å²) in [5.74, 6) is 0. The Bertz CT molecular complexity index is 171. The smallest absolute Gasteiger partial charge is 0.0474 e. The molecule has 1 N–H and O–H groups in total. The molecule has 3 nitrogen and oxygen atoms in total. The van der Waals surface area contributed by atoms with E-state index in [1.54, 1.807) is 7.11 Å². The lowest BCUT2D eigenvalue weighted by atomic mass is 9.93. The molecule has 90 valence electrons. The summed E-state index contributed by atoms with van der Waals surface area (Å²) in [6, 6.07) is 0. The summed E-state index contributed by atoms with van der Waals surface area (Å²) in [6.45, 7) is 11.5. The van der Waals surface area contributed by atoms with Crippen LogP contribution in [-0.2, 0) is 4.74 Å². The maximum absolute atomic E-state index is 5.00. The fraction of sp³-hybridized carbons (Fsp3) is 1.00. The van der Waals surface area contributed by atoms with Crippen molar-refractivity contribution < 1.29 is 4.74 Å². The molecule has 0 amide bonds. The molecule has 1 aliphatic heterocycles. The van der Waals surface area contributed by atoms with Crippen LogP contribution in [0.3, 0.4) is 0 Å². The van der Waals surface area contributed by atoms with Gasteiger partial charge in [0, 0.05) is 33.4 Å². The van der Waals surface area contributed by atoms with E-state index >= 15 is 0 Å². The molecule has 0 aromatic heterocycles. The molecular formula is C12H26N2O. The quantitative estimate of drug-likeness (QED) is 0.647. The van der Waals surface area contributed by atoms with Crippen molar-refractivity contribution in [3.05, 3.63) is 0 Å². The molecule has 3 heteroatoms. The van der Waals surface area contributed by atoms with E-state index in [9.17, 15) is 0 Å². The molecule has 0 radical (unpaired) electrons. The van der Waals surface area contributed by atoms with Crippen LogP contribution in [0.4, 0.5) is 0 Å². The van der Waals surface area contributed by atoms with Crippen LogP contribution in [-0.4, -0.2) is 51.3 Å². The third-order valence-corrected chi connectivity index (χ3v) is 3.06. The number of nitrogens with one attached hydrogen (secondary N) is 1. The number of hydrogen-bond donors (Lipinski definition) is 1. The highest BCUT2D eigenvalue weighted by molar-refractivity contribution is 4.82. The summed E-state index contributed by atoms with van der Waals surface area (Å²) in [5, 5.41) is 3.45. The van der Waals surface area contributed by atoms with Gasteiger partial charge in [-0.2, -0.15) is 0 Å². The molecule has 0 atom stereocenters. The standard InChI is InChI=1S/C12H26N2O/c1-12(2)5-8-14(11-12)9-7-13-6-4-10-15-3/h13H,4-11H2,1-3H3. The predicted molar refractivity (Wildman–Crippen MR) is 64.2 cm³/mol. The number of ether oxygens (including phenoxy) is 1. The van der Waals surface area contributed by atoms with Gasteiger partial charge < -0.3 is 15.0 Å². The van der Waals surface area contributed by atoms with Crippen LogP contribution in [0.5, 0.6) is 0 Å². The van der Waals surface area contributed by atoms with Gasteiger partial charge in [-0.25, -0.2) is 0 Å². The zero-order valence-electron chi connectivity index (χ0n) is 10.5. The van der Waals surface area contributed by atoms with Gasteiger partial charge in [0.2, 0.25) is 0 Å². The Kier molecular flexibility index (Phi) is 5.58. The minimum atomic E-state index is 0.538. The molecule has 0 aliphatic carbocycles. The van der Waals surface area contributed by atoms with E-state index < -0.39 is 0 Å². The first-order valence-corrected chi connectivity index (χ1v) is 6.06. The highest BCUT2D eigenvalue weighted by atomic mass is 16.5. The Hall–Kier alpha value is -0.120. The Morgan fingerprint density at radius 2 is 2.13 bits per heavy atom. The lowest BCUT2D eigenvalue weighted by Gasteiger charge is -2.19. The van der Waals surface area contributed by atoms with Crippen molar-refractivity contribution in [3.8, 4) is 0 Å². The fourth-order valence-corrected chi connectivity index (χ4v) is 2.12. The van der Waals surface area contributed by atoms with Crippen molar-refractivity contribution in [2.75, 3.05) is 46.4 Å². The van der Waals surface area contributed by atoms with Crippen molar-refractivity contribution in [3.63, 3.8) is 0 Å². The second kappa shape index (κ2) is 6.46. The normalized spacial score (nSPS) is 21.0. The first kappa shape index (κ1) is 12.9. The Morgan fingerprint density at radius 1 is 1.33 bits per heavy atom. The molecule has 1 heterocycles. The molecule has 15 heavy (non-hydrogen) atoms. The van der Waals surface area contributed by atoms with Gasteiger partial charge >= 0.3 is 0 Å². The number of methoxy groups -OCH3 is 1. The third kappa shape index (κ3) is 5.50. The fourth-order valence-electron chi connectivity index (χ4n) is 2.12. The van der Waals surface area contributed by atoms with Crippen molar-refractivity contribution in [2.24, 2.45) is 5.41 Å². The minimum absolute atomic E-state index is 0.538. The average molecular weight is 214 g/mol. The molecule has 1 rings (SSSR count). The largest absolute Gasteiger partial charge is 0.385 e. The maximum Gasteiger partial charge on any atom is 0.0474 e. The Morgan fingerprint density at radius 3 is 2.73 bits per heavy atom. The van der Waals surface area contributed by atoms with E-state index in [4.69, 9.17) is 4.74 Å². The molecule has 1 saturated heterocycles. The van der Waals surface area contributed by atoms with Crippen LogP contribution in [0.15, 0.2) is 0 Å². The molecule has 0 unspecified atom stereocenters. The number of likely N-dealkylation sites (tertiary alicyclic amines) is 1. The number of nitrogens with zero attached hydrogens (tertiary/aromatic N) is 1. The minimum Gasteiger partial charge on any atom is -0.385 e. The SMILES string of the molecule is COCCCNCCN1CCC(C)(C)C1. The third-order valence-electron chi connectivity index (χ3n) is 3.06. The topological polar surface area (TPSA) is 24.5 Å². The second-order valence-corrected chi connectivity index (χ2v) is 5.29. The lowest BCUT2D eigenvalue weighted by molar-refractivity contribution is 0.193. The molecule has 0 saturated carbocycles. The second-order valence-electron chi connectivity index (χ2n) is 5.29. The monoisotopic (exact) mass is 214 g/mol. The van der Waals surface area contributed by atoms with E-state index in [-0.39, 0.29) is 0 Å². The van der Waals surface area contributed by atoms with Crippen molar-refractivity contribution in [1.29, 1.82) is 0 Å². The van der Waals surface area contributed by atoms with Crippen LogP contribution in [0.25, 0.3) is 0 Å². The van der Waals surface area contributed by atoms with E-state index in [0.717, 1.165) is 26.1 Å². The first-order chi connectivity index (χ1) is 7.14. The summed E-state index contributed by atoms with van der Waals surface area (Å²) in [5.41, 5.74) is 0.538. The molecular weight excluding hydrogens is 188 g/mol. The Labute approximate surface area is 94.2 Å². The van der Waals surface area contributed by atoms with Gasteiger partial charge in [-0.1, -0.05) is 13.8 Å². The van der Waals surface area contributed by atoms with Gasteiger partial charge in [0.25, 0.3) is 0 Å². The van der Waals surface area contributed by atoms with E-state index in [1.807, 2.05) is 0 Å². The van der Waals surface area contributed by atoms with Gasteiger partial charge in [-0.05, 0) is 31.3 Å². The molecule has 0 spiro atoms. The van der Waals surface area contributed by atoms with Crippen molar-refractivity contribution >= 4 is 0 Å². The molecule has 1 fully saturated rings. The van der Waals surface area contributed by atoms with Gasteiger partial charge in [0.1, 0.15) is 0 Å². The molecule has 0 aromatic rings. The number of rotatable bonds is 7. The van der Waals surface area contributed by atoms with E-state index in [2.05, 4.69) is 24.1 Å². The van der Waals surface area contributed by atoms with Gasteiger partial charge in [0.15, 0.2) is 0 Å².